The minimum atomic E-state index is -0.759. The van der Waals surface area contributed by atoms with E-state index in [4.69, 9.17) is 14.2 Å². The van der Waals surface area contributed by atoms with Gasteiger partial charge >= 0.3 is 17.9 Å². The van der Waals surface area contributed by atoms with Crippen molar-refractivity contribution in [1.82, 2.24) is 0 Å². The van der Waals surface area contributed by atoms with Crippen LogP contribution in [0, 0.1) is 5.92 Å². The molecule has 2 atom stereocenters. The van der Waals surface area contributed by atoms with Crippen molar-refractivity contribution >= 4 is 17.9 Å². The Labute approximate surface area is 342 Å². The number of carbonyl (C=O) groups is 3. The number of rotatable bonds is 44. The van der Waals surface area contributed by atoms with Gasteiger partial charge in [-0.2, -0.15) is 0 Å². The van der Waals surface area contributed by atoms with Crippen molar-refractivity contribution in [3.63, 3.8) is 0 Å². The Morgan fingerprint density at radius 1 is 0.364 bits per heavy atom. The van der Waals surface area contributed by atoms with Gasteiger partial charge in [-0.25, -0.2) is 0 Å². The van der Waals surface area contributed by atoms with E-state index >= 15 is 0 Å². The number of ether oxygens (including phenoxy) is 3. The maximum atomic E-state index is 12.7. The third-order valence-electron chi connectivity index (χ3n) is 11.4. The van der Waals surface area contributed by atoms with E-state index < -0.39 is 6.10 Å². The van der Waals surface area contributed by atoms with E-state index in [1.807, 2.05) is 0 Å². The Morgan fingerprint density at radius 3 is 0.945 bits per heavy atom. The summed E-state index contributed by atoms with van der Waals surface area (Å²) in [4.78, 5) is 37.7. The number of esters is 3. The van der Waals surface area contributed by atoms with Gasteiger partial charge in [0.1, 0.15) is 13.2 Å². The predicted octanol–water partition coefficient (Wildman–Crippen LogP) is 15.5. The zero-order valence-electron chi connectivity index (χ0n) is 37.4. The van der Waals surface area contributed by atoms with Crippen LogP contribution in [0.25, 0.3) is 0 Å². The fourth-order valence-corrected chi connectivity index (χ4v) is 7.30. The number of hydrogen-bond donors (Lipinski definition) is 0. The zero-order valence-corrected chi connectivity index (χ0v) is 37.4. The first kappa shape index (κ1) is 53.4. The Hall–Kier alpha value is -1.59. The maximum absolute atomic E-state index is 12.7. The lowest BCUT2D eigenvalue weighted by Crippen LogP contribution is -2.30. The summed E-state index contributed by atoms with van der Waals surface area (Å²) >= 11 is 0. The molecule has 0 bridgehead atoms. The van der Waals surface area contributed by atoms with Crippen molar-refractivity contribution in [3.05, 3.63) is 0 Å². The van der Waals surface area contributed by atoms with Crippen LogP contribution < -0.4 is 0 Å². The molecular formula is C49H94O6. The highest BCUT2D eigenvalue weighted by atomic mass is 16.6. The van der Waals surface area contributed by atoms with E-state index in [9.17, 15) is 14.4 Å². The molecule has 0 spiro atoms. The monoisotopic (exact) mass is 779 g/mol. The van der Waals surface area contributed by atoms with Gasteiger partial charge < -0.3 is 14.2 Å². The first-order valence-corrected chi connectivity index (χ1v) is 24.4. The van der Waals surface area contributed by atoms with Crippen LogP contribution in [0.4, 0.5) is 0 Å². The maximum Gasteiger partial charge on any atom is 0.306 e. The molecule has 0 aromatic heterocycles. The van der Waals surface area contributed by atoms with Gasteiger partial charge in [0.25, 0.3) is 0 Å². The second-order valence-corrected chi connectivity index (χ2v) is 17.0. The molecule has 0 saturated carbocycles. The van der Waals surface area contributed by atoms with Crippen molar-refractivity contribution in [3.8, 4) is 0 Å². The Bertz CT molecular complexity index is 828. The molecule has 0 aromatic carbocycles. The molecule has 0 aliphatic carbocycles. The second kappa shape index (κ2) is 43.5. The molecule has 1 unspecified atom stereocenters. The van der Waals surface area contributed by atoms with Crippen LogP contribution in [0.15, 0.2) is 0 Å². The van der Waals surface area contributed by atoms with Gasteiger partial charge in [0.2, 0.25) is 0 Å². The van der Waals surface area contributed by atoms with Crippen molar-refractivity contribution in [2.45, 2.75) is 278 Å². The lowest BCUT2D eigenvalue weighted by Gasteiger charge is -2.18. The standard InChI is InChI=1S/C49H94O6/c1-5-8-10-12-14-15-16-17-18-19-20-21-22-23-24-29-33-37-41-48(51)54-44-46(43-53-47(50)40-36-32-27-13-11-9-6-2)55-49(52)42-38-34-30-26-25-28-31-35-39-45(4)7-3/h45-46H,5-44H2,1-4H3/t45?,46-/m1/s1. The van der Waals surface area contributed by atoms with Gasteiger partial charge in [-0.05, 0) is 25.2 Å². The minimum Gasteiger partial charge on any atom is -0.462 e. The molecule has 0 radical (unpaired) electrons. The second-order valence-electron chi connectivity index (χ2n) is 17.0. The highest BCUT2D eigenvalue weighted by Gasteiger charge is 2.19. The van der Waals surface area contributed by atoms with E-state index in [0.29, 0.717) is 19.3 Å². The van der Waals surface area contributed by atoms with Crippen LogP contribution in [0.3, 0.4) is 0 Å². The van der Waals surface area contributed by atoms with E-state index in [0.717, 1.165) is 63.7 Å². The van der Waals surface area contributed by atoms with Crippen molar-refractivity contribution < 1.29 is 28.6 Å². The quantitative estimate of drug-likeness (QED) is 0.0348. The van der Waals surface area contributed by atoms with Gasteiger partial charge in [-0.15, -0.1) is 0 Å². The van der Waals surface area contributed by atoms with Crippen molar-refractivity contribution in [2.75, 3.05) is 13.2 Å². The van der Waals surface area contributed by atoms with Gasteiger partial charge in [-0.1, -0.05) is 233 Å². The summed E-state index contributed by atoms with van der Waals surface area (Å²) in [6, 6.07) is 0. The molecule has 0 aliphatic heterocycles. The summed E-state index contributed by atoms with van der Waals surface area (Å²) in [6.45, 7) is 8.98. The molecule has 0 saturated heterocycles. The van der Waals surface area contributed by atoms with E-state index in [2.05, 4.69) is 27.7 Å². The largest absolute Gasteiger partial charge is 0.462 e. The molecule has 0 aliphatic rings. The first-order valence-electron chi connectivity index (χ1n) is 24.4. The van der Waals surface area contributed by atoms with Gasteiger partial charge in [-0.3, -0.25) is 14.4 Å². The lowest BCUT2D eigenvalue weighted by atomic mass is 9.99. The number of unbranched alkanes of at least 4 members (excludes halogenated alkanes) is 30. The van der Waals surface area contributed by atoms with Crippen LogP contribution in [0.2, 0.25) is 0 Å². The SMILES string of the molecule is CCCCCCCCCCCCCCCCCCCCC(=O)OC[C@@H](COC(=O)CCCCCCCCC)OC(=O)CCCCCCCCCCC(C)CC. The lowest BCUT2D eigenvalue weighted by molar-refractivity contribution is -0.167. The summed E-state index contributed by atoms with van der Waals surface area (Å²) in [5.74, 6) is -0.0131. The van der Waals surface area contributed by atoms with E-state index in [-0.39, 0.29) is 31.1 Å². The first-order chi connectivity index (χ1) is 26.9. The fourth-order valence-electron chi connectivity index (χ4n) is 7.30. The summed E-state index contributed by atoms with van der Waals surface area (Å²) in [6.07, 6.45) is 43.8. The highest BCUT2D eigenvalue weighted by Crippen LogP contribution is 2.17. The molecule has 55 heavy (non-hydrogen) atoms. The molecule has 0 rings (SSSR count). The number of hydrogen-bond acceptors (Lipinski definition) is 6. The third kappa shape index (κ3) is 41.9. The average molecular weight is 779 g/mol. The minimum absolute atomic E-state index is 0.0641. The molecule has 0 N–H and O–H groups in total. The summed E-state index contributed by atoms with van der Waals surface area (Å²) < 4.78 is 16.7. The van der Waals surface area contributed by atoms with Crippen molar-refractivity contribution in [2.24, 2.45) is 5.92 Å². The van der Waals surface area contributed by atoms with Gasteiger partial charge in [0, 0.05) is 19.3 Å². The molecule has 0 amide bonds. The molecule has 0 heterocycles. The van der Waals surface area contributed by atoms with Gasteiger partial charge in [0.15, 0.2) is 6.10 Å². The molecular weight excluding hydrogens is 685 g/mol. The normalized spacial score (nSPS) is 12.4. The Balaban J connectivity index is 4.19. The molecule has 6 nitrogen and oxygen atoms in total. The third-order valence-corrected chi connectivity index (χ3v) is 11.4. The molecule has 0 fully saturated rings. The predicted molar refractivity (Wildman–Crippen MR) is 233 cm³/mol. The fraction of sp³-hybridized carbons (Fsp3) is 0.939. The van der Waals surface area contributed by atoms with E-state index in [1.165, 1.54) is 167 Å². The Kier molecular flexibility index (Phi) is 42.3. The van der Waals surface area contributed by atoms with Crippen LogP contribution in [0.5, 0.6) is 0 Å². The smallest absolute Gasteiger partial charge is 0.306 e. The molecule has 0 aromatic rings. The summed E-state index contributed by atoms with van der Waals surface area (Å²) in [7, 11) is 0. The molecule has 326 valence electrons. The van der Waals surface area contributed by atoms with Crippen LogP contribution in [-0.4, -0.2) is 37.2 Å². The average Bonchev–Trinajstić information content (AvgIpc) is 3.18. The highest BCUT2D eigenvalue weighted by molar-refractivity contribution is 5.71. The van der Waals surface area contributed by atoms with Gasteiger partial charge in [0.05, 0.1) is 0 Å². The molecule has 6 heteroatoms. The Morgan fingerprint density at radius 2 is 0.636 bits per heavy atom. The van der Waals surface area contributed by atoms with Crippen LogP contribution >= 0.6 is 0 Å². The zero-order chi connectivity index (χ0) is 40.3. The van der Waals surface area contributed by atoms with E-state index in [1.54, 1.807) is 0 Å². The summed E-state index contributed by atoms with van der Waals surface area (Å²) in [5, 5.41) is 0. The number of carbonyl (C=O) groups excluding carboxylic acids is 3. The summed E-state index contributed by atoms with van der Waals surface area (Å²) in [5.41, 5.74) is 0. The topological polar surface area (TPSA) is 78.9 Å². The van der Waals surface area contributed by atoms with Crippen molar-refractivity contribution in [1.29, 1.82) is 0 Å². The van der Waals surface area contributed by atoms with Crippen LogP contribution in [-0.2, 0) is 28.6 Å². The van der Waals surface area contributed by atoms with Crippen LogP contribution in [0.1, 0.15) is 272 Å².